The highest BCUT2D eigenvalue weighted by molar-refractivity contribution is 6.32. The van der Waals surface area contributed by atoms with Crippen molar-refractivity contribution in [1.82, 2.24) is 25.3 Å². The van der Waals surface area contributed by atoms with E-state index in [0.29, 0.717) is 61.9 Å². The number of nitrogens with two attached hydrogens (primary N) is 2. The summed E-state index contributed by atoms with van der Waals surface area (Å²) in [5, 5.41) is 3.32. The van der Waals surface area contributed by atoms with Crippen LogP contribution in [0.4, 0.5) is 17.5 Å². The number of nitrogens with one attached hydrogen (secondary N) is 1. The summed E-state index contributed by atoms with van der Waals surface area (Å²) in [6, 6.07) is 11.8. The van der Waals surface area contributed by atoms with Gasteiger partial charge in [-0.15, -0.1) is 0 Å². The maximum Gasteiger partial charge on any atom is 0.328 e. The van der Waals surface area contributed by atoms with Gasteiger partial charge in [-0.3, -0.25) is 9.59 Å². The molecular weight excluding hydrogens is 759 g/mol. The molecule has 2 aliphatic heterocycles. The Bertz CT molecular complexity index is 2300. The van der Waals surface area contributed by atoms with Crippen LogP contribution in [0.25, 0.3) is 11.2 Å². The maximum atomic E-state index is 13.5. The van der Waals surface area contributed by atoms with Gasteiger partial charge in [-0.05, 0) is 42.8 Å². The van der Waals surface area contributed by atoms with E-state index >= 15 is 0 Å². The molecule has 7 rings (SSSR count). The molecule has 1 unspecified atom stereocenters. The van der Waals surface area contributed by atoms with Gasteiger partial charge in [0.05, 0.1) is 28.5 Å². The monoisotopic (exact) mass is 790 g/mol. The smallest absolute Gasteiger partial charge is 0.328 e. The zero-order valence-electron chi connectivity index (χ0n) is 29.0. The molecule has 2 aromatic heterocycles. The van der Waals surface area contributed by atoms with Gasteiger partial charge in [0.2, 0.25) is 19.5 Å². The third kappa shape index (κ3) is 8.58. The van der Waals surface area contributed by atoms with Crippen molar-refractivity contribution < 1.29 is 42.8 Å². The van der Waals surface area contributed by atoms with Crippen molar-refractivity contribution in [3.8, 4) is 23.0 Å². The fraction of sp³-hybridized carbons (Fsp3) is 0.250. The van der Waals surface area contributed by atoms with Gasteiger partial charge in [-0.1, -0.05) is 23.2 Å². The van der Waals surface area contributed by atoms with E-state index in [2.05, 4.69) is 25.3 Å². The van der Waals surface area contributed by atoms with Gasteiger partial charge in [-0.25, -0.2) is 14.8 Å². The molecule has 2 aliphatic rings. The molecule has 0 aliphatic carbocycles. The maximum absolute atomic E-state index is 13.5. The number of nitrogen functional groups attached to an aromatic ring is 2. The zero-order valence-corrected chi connectivity index (χ0v) is 30.6. The number of rotatable bonds is 13. The Hall–Kier alpha value is -6.33. The Morgan fingerprint density at radius 3 is 2.09 bits per heavy atom. The Labute approximate surface area is 322 Å². The number of nitrogens with zero attached hydrogens (tertiary/aromatic N) is 5. The van der Waals surface area contributed by atoms with Gasteiger partial charge in [0, 0.05) is 48.0 Å². The highest BCUT2D eigenvalue weighted by atomic mass is 35.5. The van der Waals surface area contributed by atoms with E-state index in [1.165, 1.54) is 0 Å². The topological polar surface area (TPSA) is 225 Å². The van der Waals surface area contributed by atoms with E-state index in [1.807, 2.05) is 11.9 Å². The lowest BCUT2D eigenvalue weighted by Crippen LogP contribution is -2.42. The second-order valence-electron chi connectivity index (χ2n) is 12.3. The SMILES string of the molecule is CN(Cc1cnc2nc(N)nc(N)c2n1)c1ccc(C(=O)NC(CCC(=O)OCc2cc3c(cc2Cl)OCO3)C(=O)OCc2cc3c(cc2Cl)OCO3)cc1. The number of carbonyl (C=O) groups excluding carboxylic acids is 3. The number of esters is 2. The summed E-state index contributed by atoms with van der Waals surface area (Å²) in [6.07, 6.45) is 1.19. The molecule has 55 heavy (non-hydrogen) atoms. The summed E-state index contributed by atoms with van der Waals surface area (Å²) in [7, 11) is 1.84. The molecule has 5 aromatic rings. The largest absolute Gasteiger partial charge is 0.461 e. The first-order valence-corrected chi connectivity index (χ1v) is 17.4. The average molecular weight is 792 g/mol. The second kappa shape index (κ2) is 16.0. The van der Waals surface area contributed by atoms with E-state index in [4.69, 9.17) is 63.1 Å². The van der Waals surface area contributed by atoms with E-state index in [-0.39, 0.29) is 62.6 Å². The molecule has 4 heterocycles. The highest BCUT2D eigenvalue weighted by Gasteiger charge is 2.26. The minimum absolute atomic E-state index is 0.00440. The number of carbonyl (C=O) groups is 3. The van der Waals surface area contributed by atoms with Gasteiger partial charge in [-0.2, -0.15) is 9.97 Å². The molecule has 284 valence electrons. The van der Waals surface area contributed by atoms with Crippen LogP contribution in [0.15, 0.2) is 54.7 Å². The van der Waals surface area contributed by atoms with Crippen LogP contribution in [0.5, 0.6) is 23.0 Å². The van der Waals surface area contributed by atoms with Crippen molar-refractivity contribution in [2.45, 2.75) is 38.6 Å². The lowest BCUT2D eigenvalue weighted by atomic mass is 10.1. The minimum atomic E-state index is -1.23. The van der Waals surface area contributed by atoms with Gasteiger partial charge in [0.15, 0.2) is 40.0 Å². The lowest BCUT2D eigenvalue weighted by Gasteiger charge is -2.20. The number of halogens is 2. The highest BCUT2D eigenvalue weighted by Crippen LogP contribution is 2.38. The van der Waals surface area contributed by atoms with Crippen molar-refractivity contribution in [3.63, 3.8) is 0 Å². The van der Waals surface area contributed by atoms with Crippen molar-refractivity contribution >= 4 is 69.7 Å². The molecule has 19 heteroatoms. The van der Waals surface area contributed by atoms with Crippen molar-refractivity contribution in [1.29, 1.82) is 0 Å². The van der Waals surface area contributed by atoms with Gasteiger partial charge >= 0.3 is 11.9 Å². The molecule has 0 fully saturated rings. The first-order valence-electron chi connectivity index (χ1n) is 16.7. The van der Waals surface area contributed by atoms with Crippen LogP contribution in [0.3, 0.4) is 0 Å². The first-order chi connectivity index (χ1) is 26.5. The lowest BCUT2D eigenvalue weighted by molar-refractivity contribution is -0.148. The predicted octanol–water partition coefficient (Wildman–Crippen LogP) is 4.35. The van der Waals surface area contributed by atoms with Crippen LogP contribution in [0.1, 0.15) is 40.0 Å². The summed E-state index contributed by atoms with van der Waals surface area (Å²) in [4.78, 5) is 58.4. The van der Waals surface area contributed by atoms with Crippen LogP contribution in [0, 0.1) is 0 Å². The quantitative estimate of drug-likeness (QED) is 0.141. The summed E-state index contributed by atoms with van der Waals surface area (Å²) < 4.78 is 32.4. The molecule has 17 nitrogen and oxygen atoms in total. The fourth-order valence-electron chi connectivity index (χ4n) is 5.63. The Balaban J connectivity index is 0.999. The summed E-state index contributed by atoms with van der Waals surface area (Å²) in [5.74, 6) is 0.0127. The summed E-state index contributed by atoms with van der Waals surface area (Å²) >= 11 is 12.7. The molecular formula is C36H32Cl2N8O9. The fourth-order valence-corrected chi connectivity index (χ4v) is 6.05. The van der Waals surface area contributed by atoms with Crippen LogP contribution in [-0.4, -0.2) is 64.5 Å². The van der Waals surface area contributed by atoms with Crippen LogP contribution in [-0.2, 0) is 38.8 Å². The third-order valence-corrected chi connectivity index (χ3v) is 9.24. The Morgan fingerprint density at radius 1 is 0.855 bits per heavy atom. The number of ether oxygens (including phenoxy) is 6. The summed E-state index contributed by atoms with van der Waals surface area (Å²) in [6.45, 7) is 0.0638. The average Bonchev–Trinajstić information content (AvgIpc) is 3.83. The minimum Gasteiger partial charge on any atom is -0.461 e. The molecule has 0 bridgehead atoms. The normalized spacial score (nSPS) is 13.0. The zero-order chi connectivity index (χ0) is 38.6. The van der Waals surface area contributed by atoms with E-state index < -0.39 is 23.9 Å². The van der Waals surface area contributed by atoms with Crippen molar-refractivity contribution in [2.75, 3.05) is 37.0 Å². The summed E-state index contributed by atoms with van der Waals surface area (Å²) in [5.41, 5.74) is 14.8. The molecule has 1 atom stereocenters. The van der Waals surface area contributed by atoms with E-state index in [0.717, 1.165) is 5.69 Å². The Kier molecular flexibility index (Phi) is 10.7. The van der Waals surface area contributed by atoms with Gasteiger partial charge < -0.3 is 50.1 Å². The number of hydrogen-bond donors (Lipinski definition) is 3. The molecule has 1 amide bonds. The number of hydrogen-bond acceptors (Lipinski definition) is 16. The number of benzene rings is 3. The molecule has 0 radical (unpaired) electrons. The van der Waals surface area contributed by atoms with Crippen LogP contribution in [0.2, 0.25) is 10.0 Å². The molecule has 0 saturated heterocycles. The van der Waals surface area contributed by atoms with Crippen LogP contribution < -0.4 is 40.6 Å². The number of fused-ring (bicyclic) bond motifs is 3. The molecule has 3 aromatic carbocycles. The van der Waals surface area contributed by atoms with Crippen molar-refractivity contribution in [2.24, 2.45) is 0 Å². The second-order valence-corrected chi connectivity index (χ2v) is 13.1. The van der Waals surface area contributed by atoms with Gasteiger partial charge in [0.1, 0.15) is 19.3 Å². The first kappa shape index (κ1) is 37.0. The number of aromatic nitrogens is 4. The predicted molar refractivity (Wildman–Crippen MR) is 198 cm³/mol. The molecule has 0 spiro atoms. The van der Waals surface area contributed by atoms with E-state index in [9.17, 15) is 14.4 Å². The Morgan fingerprint density at radius 2 is 1.45 bits per heavy atom. The number of anilines is 3. The van der Waals surface area contributed by atoms with Gasteiger partial charge in [0.25, 0.3) is 5.91 Å². The number of amides is 1. The van der Waals surface area contributed by atoms with E-state index in [1.54, 1.807) is 54.7 Å². The van der Waals surface area contributed by atoms with Crippen molar-refractivity contribution in [3.05, 3.63) is 87.2 Å². The molecule has 0 saturated carbocycles. The molecule has 5 N–H and O–H groups in total. The third-order valence-electron chi connectivity index (χ3n) is 8.54. The standard InChI is InChI=1S/C36H32Cl2N8O9/c1-46(13-21-12-41-33-31(42-21)32(39)44-36(40)45-33)22-4-2-18(3-5-22)34(48)43-25(35(49)51-15-20-9-27-29(11-24(20)38)55-17-53-27)6-7-30(47)50-14-19-8-26-28(10-23(19)37)54-16-52-26/h2-5,8-12,25H,6-7,13-17H2,1H3,(H,43,48)(H4,39,40,41,44,45). The van der Waals surface area contributed by atoms with Crippen LogP contribution >= 0.6 is 23.2 Å².